The van der Waals surface area contributed by atoms with E-state index < -0.39 is 35.7 Å². The molecule has 4 unspecified atom stereocenters. The molecule has 0 bridgehead atoms. The largest absolute Gasteiger partial charge is 0.504 e. The fraction of sp³-hybridized carbons (Fsp3) is 0.690. The van der Waals surface area contributed by atoms with E-state index in [1.807, 2.05) is 6.92 Å². The highest BCUT2D eigenvalue weighted by molar-refractivity contribution is 5.92. The average Bonchev–Trinajstić information content (AvgIpc) is 3.42. The first-order valence-electron chi connectivity index (χ1n) is 13.7. The molecule has 38 heavy (non-hydrogen) atoms. The quantitative estimate of drug-likeness (QED) is 0.283. The number of aliphatic hydroxyl groups is 1. The second-order valence-corrected chi connectivity index (χ2v) is 12.0. The molecule has 2 fully saturated rings. The maximum Gasteiger partial charge on any atom is 0.329 e. The van der Waals surface area contributed by atoms with Crippen molar-refractivity contribution in [2.45, 2.75) is 104 Å². The van der Waals surface area contributed by atoms with Gasteiger partial charge in [0.15, 0.2) is 11.5 Å². The van der Waals surface area contributed by atoms with Crippen LogP contribution in [0.2, 0.25) is 0 Å². The van der Waals surface area contributed by atoms with Crippen molar-refractivity contribution >= 4 is 17.8 Å². The molecule has 9 nitrogen and oxygen atoms in total. The zero-order valence-corrected chi connectivity index (χ0v) is 23.5. The van der Waals surface area contributed by atoms with Gasteiger partial charge in [0.2, 0.25) is 11.8 Å². The number of hydrogen-bond donors (Lipinski definition) is 4. The van der Waals surface area contributed by atoms with E-state index in [2.05, 4.69) is 26.1 Å². The molecule has 1 saturated carbocycles. The molecule has 1 aliphatic heterocycles. The van der Waals surface area contributed by atoms with E-state index in [0.29, 0.717) is 30.9 Å². The third-order valence-corrected chi connectivity index (χ3v) is 8.98. The van der Waals surface area contributed by atoms with Gasteiger partial charge in [-0.05, 0) is 62.1 Å². The van der Waals surface area contributed by atoms with Crippen molar-refractivity contribution in [3.05, 3.63) is 23.8 Å². The molecule has 1 aliphatic carbocycles. The van der Waals surface area contributed by atoms with E-state index in [-0.39, 0.29) is 35.2 Å². The van der Waals surface area contributed by atoms with Gasteiger partial charge in [0.25, 0.3) is 0 Å². The highest BCUT2D eigenvalue weighted by Crippen LogP contribution is 2.53. The predicted molar refractivity (Wildman–Crippen MR) is 142 cm³/mol. The minimum Gasteiger partial charge on any atom is -0.504 e. The highest BCUT2D eigenvalue weighted by Gasteiger charge is 2.54. The van der Waals surface area contributed by atoms with Gasteiger partial charge < -0.3 is 30.3 Å². The molecule has 9 heteroatoms. The summed E-state index contributed by atoms with van der Waals surface area (Å²) in [4.78, 5) is 41.3. The second-order valence-electron chi connectivity index (χ2n) is 12.0. The lowest BCUT2D eigenvalue weighted by Crippen LogP contribution is -2.56. The molecule has 4 N–H and O–H groups in total. The van der Waals surface area contributed by atoms with Crippen molar-refractivity contribution < 1.29 is 34.4 Å². The standard InChI is InChI=1S/C29H44N2O7/c1-7-19-12-13-29(6,28(19,4)5)38-27(37)20-9-8-14-31(20)26(36)24(17(2)3)30-25(35)23(34)16-18-10-11-21(32)22(33)15-18/h10-11,15,17,19-20,23-24,32-34H,7-9,12-14,16H2,1-6H3,(H,30,35)/t19-,20?,23?,24?,29?/m1/s1. The monoisotopic (exact) mass is 532 g/mol. The summed E-state index contributed by atoms with van der Waals surface area (Å²) >= 11 is 0. The number of phenolic OH excluding ortho intramolecular Hbond substituents is 2. The van der Waals surface area contributed by atoms with Gasteiger partial charge in [-0.1, -0.05) is 47.1 Å². The molecule has 1 heterocycles. The third-order valence-electron chi connectivity index (χ3n) is 8.98. The number of amides is 2. The number of benzene rings is 1. The van der Waals surface area contributed by atoms with Crippen LogP contribution < -0.4 is 5.32 Å². The Morgan fingerprint density at radius 3 is 2.39 bits per heavy atom. The van der Waals surface area contributed by atoms with Crippen LogP contribution in [0.5, 0.6) is 11.5 Å². The van der Waals surface area contributed by atoms with Crippen molar-refractivity contribution in [1.29, 1.82) is 0 Å². The summed E-state index contributed by atoms with van der Waals surface area (Å²) in [5, 5.41) is 32.3. The Bertz CT molecular complexity index is 1040. The number of hydrogen-bond acceptors (Lipinski definition) is 7. The lowest BCUT2D eigenvalue weighted by Gasteiger charge is -2.42. The number of nitrogens with zero attached hydrogens (tertiary/aromatic N) is 1. The number of aliphatic hydroxyl groups excluding tert-OH is 1. The first kappa shape index (κ1) is 29.7. The summed E-state index contributed by atoms with van der Waals surface area (Å²) in [5.41, 5.74) is -0.337. The van der Waals surface area contributed by atoms with E-state index in [4.69, 9.17) is 4.74 Å². The Morgan fingerprint density at radius 1 is 1.13 bits per heavy atom. The predicted octanol–water partition coefficient (Wildman–Crippen LogP) is 3.28. The van der Waals surface area contributed by atoms with Gasteiger partial charge >= 0.3 is 5.97 Å². The van der Waals surface area contributed by atoms with E-state index in [9.17, 15) is 29.7 Å². The molecule has 1 aromatic rings. The number of carbonyl (C=O) groups is 3. The highest BCUT2D eigenvalue weighted by atomic mass is 16.6. The van der Waals surface area contributed by atoms with Crippen molar-refractivity contribution in [3.8, 4) is 11.5 Å². The summed E-state index contributed by atoms with van der Waals surface area (Å²) in [6, 6.07) is 2.40. The van der Waals surface area contributed by atoms with Crippen LogP contribution >= 0.6 is 0 Å². The van der Waals surface area contributed by atoms with E-state index in [0.717, 1.165) is 19.3 Å². The zero-order chi connectivity index (χ0) is 28.4. The molecule has 1 saturated heterocycles. The van der Waals surface area contributed by atoms with Crippen LogP contribution in [-0.2, 0) is 25.5 Å². The van der Waals surface area contributed by atoms with E-state index >= 15 is 0 Å². The summed E-state index contributed by atoms with van der Waals surface area (Å²) in [5.74, 6) is -1.98. The minimum atomic E-state index is -1.47. The lowest BCUT2D eigenvalue weighted by atomic mass is 9.72. The van der Waals surface area contributed by atoms with Crippen molar-refractivity contribution in [3.63, 3.8) is 0 Å². The number of likely N-dealkylation sites (tertiary alicyclic amines) is 1. The van der Waals surface area contributed by atoms with Gasteiger partial charge in [-0.2, -0.15) is 0 Å². The summed E-state index contributed by atoms with van der Waals surface area (Å²) in [6.07, 6.45) is 2.39. The normalized spacial score (nSPS) is 26.3. The average molecular weight is 533 g/mol. The molecular weight excluding hydrogens is 488 g/mol. The van der Waals surface area contributed by atoms with Crippen LogP contribution in [0.1, 0.15) is 79.2 Å². The van der Waals surface area contributed by atoms with Crippen LogP contribution in [-0.4, -0.2) is 68.3 Å². The van der Waals surface area contributed by atoms with Gasteiger partial charge in [-0.3, -0.25) is 9.59 Å². The second kappa shape index (κ2) is 11.5. The van der Waals surface area contributed by atoms with Crippen molar-refractivity contribution in [2.24, 2.45) is 17.3 Å². The van der Waals surface area contributed by atoms with Gasteiger partial charge in [-0.15, -0.1) is 0 Å². The van der Waals surface area contributed by atoms with E-state index in [1.54, 1.807) is 13.8 Å². The fourth-order valence-electron chi connectivity index (χ4n) is 5.98. The van der Waals surface area contributed by atoms with Crippen LogP contribution in [0, 0.1) is 17.3 Å². The molecule has 2 aliphatic rings. The molecule has 2 amide bonds. The van der Waals surface area contributed by atoms with E-state index in [1.165, 1.54) is 23.1 Å². The van der Waals surface area contributed by atoms with Crippen LogP contribution in [0.3, 0.4) is 0 Å². The van der Waals surface area contributed by atoms with Crippen LogP contribution in [0.15, 0.2) is 18.2 Å². The summed E-state index contributed by atoms with van der Waals surface area (Å²) in [7, 11) is 0. The Morgan fingerprint density at radius 2 is 1.82 bits per heavy atom. The number of rotatable bonds is 9. The molecule has 0 aromatic heterocycles. The van der Waals surface area contributed by atoms with Crippen LogP contribution in [0.4, 0.5) is 0 Å². The fourth-order valence-corrected chi connectivity index (χ4v) is 5.98. The first-order chi connectivity index (χ1) is 17.7. The van der Waals surface area contributed by atoms with Crippen LogP contribution in [0.25, 0.3) is 0 Å². The molecule has 0 radical (unpaired) electrons. The first-order valence-corrected chi connectivity index (χ1v) is 13.7. The topological polar surface area (TPSA) is 136 Å². The Labute approximate surface area is 225 Å². The number of nitrogens with one attached hydrogen (secondary N) is 1. The lowest BCUT2D eigenvalue weighted by molar-refractivity contribution is -0.177. The molecular formula is C29H44N2O7. The van der Waals surface area contributed by atoms with Crippen molar-refractivity contribution in [2.75, 3.05) is 6.54 Å². The Hall–Kier alpha value is -2.81. The number of phenols is 2. The Kier molecular flexibility index (Phi) is 9.01. The van der Waals surface area contributed by atoms with Crippen molar-refractivity contribution in [1.82, 2.24) is 10.2 Å². The molecule has 5 atom stereocenters. The molecule has 212 valence electrons. The van der Waals surface area contributed by atoms with Gasteiger partial charge in [0.1, 0.15) is 23.8 Å². The third kappa shape index (κ3) is 5.92. The smallest absolute Gasteiger partial charge is 0.329 e. The maximum atomic E-state index is 13.6. The molecule has 1 aromatic carbocycles. The number of esters is 1. The number of aromatic hydroxyl groups is 2. The molecule has 3 rings (SSSR count). The van der Waals surface area contributed by atoms with Gasteiger partial charge in [0, 0.05) is 18.4 Å². The SMILES string of the molecule is CC[C@@H]1CCC(C)(OC(=O)C2CCCN2C(=O)C(NC(=O)C(O)Cc2ccc(O)c(O)c2)C(C)C)C1(C)C. The van der Waals surface area contributed by atoms with Gasteiger partial charge in [0.05, 0.1) is 0 Å². The number of carbonyl (C=O) groups excluding carboxylic acids is 3. The zero-order valence-electron chi connectivity index (χ0n) is 23.5. The minimum absolute atomic E-state index is 0.107. The van der Waals surface area contributed by atoms with Gasteiger partial charge in [-0.25, -0.2) is 4.79 Å². The molecule has 0 spiro atoms. The maximum absolute atomic E-state index is 13.6. The Balaban J connectivity index is 1.68. The summed E-state index contributed by atoms with van der Waals surface area (Å²) < 4.78 is 6.16. The number of ether oxygens (including phenoxy) is 1. The summed E-state index contributed by atoms with van der Waals surface area (Å²) in [6.45, 7) is 12.4.